The summed E-state index contributed by atoms with van der Waals surface area (Å²) >= 11 is 0. The van der Waals surface area contributed by atoms with Gasteiger partial charge in [-0.05, 0) is 31.2 Å². The average Bonchev–Trinajstić information content (AvgIpc) is 2.36. The molecule has 1 atom stereocenters. The number of pyridine rings is 1. The fourth-order valence-electron chi connectivity index (χ4n) is 1.87. The van der Waals surface area contributed by atoms with Gasteiger partial charge in [0.1, 0.15) is 0 Å². The molecule has 1 heterocycles. The van der Waals surface area contributed by atoms with Crippen LogP contribution in [-0.2, 0) is 5.60 Å². The van der Waals surface area contributed by atoms with Crippen LogP contribution >= 0.6 is 0 Å². The van der Waals surface area contributed by atoms with Gasteiger partial charge < -0.3 is 10.4 Å². The first-order valence-corrected chi connectivity index (χ1v) is 5.92. The van der Waals surface area contributed by atoms with E-state index in [1.807, 2.05) is 44.2 Å². The van der Waals surface area contributed by atoms with Crippen molar-refractivity contribution >= 4 is 10.9 Å². The van der Waals surface area contributed by atoms with Crippen LogP contribution < -0.4 is 5.32 Å². The van der Waals surface area contributed by atoms with Crippen LogP contribution in [0.3, 0.4) is 0 Å². The van der Waals surface area contributed by atoms with Crippen molar-refractivity contribution in [3.63, 3.8) is 0 Å². The van der Waals surface area contributed by atoms with Crippen molar-refractivity contribution in [2.75, 3.05) is 13.1 Å². The first kappa shape index (κ1) is 12.0. The third-order valence-corrected chi connectivity index (χ3v) is 2.95. The van der Waals surface area contributed by atoms with E-state index in [1.165, 1.54) is 0 Å². The Kier molecular flexibility index (Phi) is 3.41. The molecule has 0 spiro atoms. The lowest BCUT2D eigenvalue weighted by Crippen LogP contribution is -2.35. The Balaban J connectivity index is 2.35. The summed E-state index contributed by atoms with van der Waals surface area (Å²) in [5, 5.41) is 14.6. The summed E-state index contributed by atoms with van der Waals surface area (Å²) in [6.45, 7) is 5.24. The van der Waals surface area contributed by atoms with Gasteiger partial charge in [-0.15, -0.1) is 0 Å². The molecule has 0 radical (unpaired) electrons. The number of nitrogens with one attached hydrogen (secondary N) is 1. The molecule has 90 valence electrons. The van der Waals surface area contributed by atoms with Crippen LogP contribution in [0.5, 0.6) is 0 Å². The minimum atomic E-state index is -0.859. The van der Waals surface area contributed by atoms with Crippen molar-refractivity contribution in [3.8, 4) is 0 Å². The number of likely N-dealkylation sites (N-methyl/N-ethyl adjacent to an activating group) is 1. The fraction of sp³-hybridized carbons (Fsp3) is 0.357. The van der Waals surface area contributed by atoms with E-state index in [1.54, 1.807) is 6.20 Å². The topological polar surface area (TPSA) is 45.1 Å². The smallest absolute Gasteiger partial charge is 0.0993 e. The molecule has 3 heteroatoms. The van der Waals surface area contributed by atoms with Gasteiger partial charge in [0.05, 0.1) is 11.1 Å². The summed E-state index contributed by atoms with van der Waals surface area (Å²) in [6, 6.07) is 9.84. The highest BCUT2D eigenvalue weighted by atomic mass is 16.3. The van der Waals surface area contributed by atoms with Gasteiger partial charge in [-0.3, -0.25) is 4.98 Å². The zero-order valence-electron chi connectivity index (χ0n) is 10.3. The van der Waals surface area contributed by atoms with Crippen LogP contribution in [-0.4, -0.2) is 23.2 Å². The Morgan fingerprint density at radius 1 is 1.35 bits per heavy atom. The van der Waals surface area contributed by atoms with Crippen molar-refractivity contribution in [2.45, 2.75) is 19.4 Å². The van der Waals surface area contributed by atoms with Crippen LogP contribution in [0.2, 0.25) is 0 Å². The van der Waals surface area contributed by atoms with E-state index in [0.29, 0.717) is 6.54 Å². The number of benzene rings is 1. The summed E-state index contributed by atoms with van der Waals surface area (Å²) in [5.41, 5.74) is 0.952. The normalized spacial score (nSPS) is 14.8. The zero-order valence-corrected chi connectivity index (χ0v) is 10.3. The van der Waals surface area contributed by atoms with Crippen molar-refractivity contribution in [1.82, 2.24) is 10.3 Å². The molecule has 2 aromatic rings. The Bertz CT molecular complexity index is 508. The van der Waals surface area contributed by atoms with E-state index in [-0.39, 0.29) is 0 Å². The second kappa shape index (κ2) is 4.82. The first-order valence-electron chi connectivity index (χ1n) is 5.92. The van der Waals surface area contributed by atoms with Gasteiger partial charge in [-0.25, -0.2) is 0 Å². The lowest BCUT2D eigenvalue weighted by atomic mass is 9.95. The lowest BCUT2D eigenvalue weighted by molar-refractivity contribution is 0.0577. The summed E-state index contributed by atoms with van der Waals surface area (Å²) in [4.78, 5) is 4.30. The van der Waals surface area contributed by atoms with Crippen molar-refractivity contribution in [1.29, 1.82) is 0 Å². The molecule has 17 heavy (non-hydrogen) atoms. The number of rotatable bonds is 4. The number of nitrogens with zero attached hydrogens (tertiary/aromatic N) is 1. The average molecular weight is 230 g/mol. The molecular formula is C14H18N2O. The van der Waals surface area contributed by atoms with Gasteiger partial charge in [0.2, 0.25) is 0 Å². The van der Waals surface area contributed by atoms with Crippen LogP contribution in [0.25, 0.3) is 10.9 Å². The second-order valence-electron chi connectivity index (χ2n) is 4.47. The standard InChI is InChI=1S/C14H18N2O/c1-3-15-10-14(2,17)12-7-6-11-5-4-8-16-13(11)9-12/h4-9,15,17H,3,10H2,1-2H3. The molecule has 0 saturated heterocycles. The lowest BCUT2D eigenvalue weighted by Gasteiger charge is -2.24. The third kappa shape index (κ3) is 2.62. The zero-order chi connectivity index (χ0) is 12.3. The highest BCUT2D eigenvalue weighted by Gasteiger charge is 2.22. The maximum atomic E-state index is 10.4. The van der Waals surface area contributed by atoms with Gasteiger partial charge in [-0.2, -0.15) is 0 Å². The second-order valence-corrected chi connectivity index (χ2v) is 4.47. The maximum Gasteiger partial charge on any atom is 0.0993 e. The van der Waals surface area contributed by atoms with E-state index in [4.69, 9.17) is 0 Å². The number of fused-ring (bicyclic) bond motifs is 1. The van der Waals surface area contributed by atoms with Crippen LogP contribution in [0, 0.1) is 0 Å². The first-order chi connectivity index (χ1) is 8.13. The molecule has 3 nitrogen and oxygen atoms in total. The number of aromatic nitrogens is 1. The van der Waals surface area contributed by atoms with E-state index in [0.717, 1.165) is 23.0 Å². The van der Waals surface area contributed by atoms with Crippen molar-refractivity contribution < 1.29 is 5.11 Å². The molecule has 0 saturated carbocycles. The Morgan fingerprint density at radius 3 is 2.94 bits per heavy atom. The molecule has 0 bridgehead atoms. The van der Waals surface area contributed by atoms with Gasteiger partial charge in [0.15, 0.2) is 0 Å². The number of hydrogen-bond donors (Lipinski definition) is 2. The summed E-state index contributed by atoms with van der Waals surface area (Å²) in [7, 11) is 0. The molecule has 2 rings (SSSR count). The monoisotopic (exact) mass is 230 g/mol. The fourth-order valence-corrected chi connectivity index (χ4v) is 1.87. The molecule has 0 aliphatic carbocycles. The molecule has 0 aliphatic rings. The van der Waals surface area contributed by atoms with Gasteiger partial charge in [0.25, 0.3) is 0 Å². The quantitative estimate of drug-likeness (QED) is 0.845. The van der Waals surface area contributed by atoms with Crippen LogP contribution in [0.4, 0.5) is 0 Å². The highest BCUT2D eigenvalue weighted by Crippen LogP contribution is 2.23. The SMILES string of the molecule is CCNCC(C)(O)c1ccc2cccnc2c1. The molecule has 0 aliphatic heterocycles. The Labute approximate surface area is 102 Å². The minimum Gasteiger partial charge on any atom is -0.384 e. The molecule has 1 aromatic heterocycles. The van der Waals surface area contributed by atoms with Crippen LogP contribution in [0.1, 0.15) is 19.4 Å². The summed E-state index contributed by atoms with van der Waals surface area (Å²) in [5.74, 6) is 0. The predicted octanol–water partition coefficient (Wildman–Crippen LogP) is 2.05. The third-order valence-electron chi connectivity index (χ3n) is 2.95. The number of aliphatic hydroxyl groups is 1. The van der Waals surface area contributed by atoms with E-state index < -0.39 is 5.60 Å². The maximum absolute atomic E-state index is 10.4. The van der Waals surface area contributed by atoms with Crippen LogP contribution in [0.15, 0.2) is 36.5 Å². The van der Waals surface area contributed by atoms with Crippen molar-refractivity contribution in [2.24, 2.45) is 0 Å². The summed E-state index contributed by atoms with van der Waals surface area (Å²) < 4.78 is 0. The Morgan fingerprint density at radius 2 is 2.18 bits per heavy atom. The van der Waals surface area contributed by atoms with Gasteiger partial charge in [-0.1, -0.05) is 25.1 Å². The van der Waals surface area contributed by atoms with E-state index >= 15 is 0 Å². The van der Waals surface area contributed by atoms with Gasteiger partial charge >= 0.3 is 0 Å². The molecule has 0 amide bonds. The molecule has 1 aromatic carbocycles. The Hall–Kier alpha value is -1.45. The van der Waals surface area contributed by atoms with E-state index in [9.17, 15) is 5.11 Å². The molecule has 2 N–H and O–H groups in total. The largest absolute Gasteiger partial charge is 0.384 e. The molecule has 0 fully saturated rings. The minimum absolute atomic E-state index is 0.543. The molecular weight excluding hydrogens is 212 g/mol. The van der Waals surface area contributed by atoms with Crippen molar-refractivity contribution in [3.05, 3.63) is 42.1 Å². The predicted molar refractivity (Wildman–Crippen MR) is 69.9 cm³/mol. The van der Waals surface area contributed by atoms with E-state index in [2.05, 4.69) is 10.3 Å². The summed E-state index contributed by atoms with van der Waals surface area (Å²) in [6.07, 6.45) is 1.77. The molecule has 1 unspecified atom stereocenters. The highest BCUT2D eigenvalue weighted by molar-refractivity contribution is 5.79. The number of hydrogen-bond acceptors (Lipinski definition) is 3. The van der Waals surface area contributed by atoms with Gasteiger partial charge in [0, 0.05) is 18.1 Å².